The van der Waals surface area contributed by atoms with Crippen molar-refractivity contribution in [2.45, 2.75) is 78.2 Å². The van der Waals surface area contributed by atoms with E-state index in [1.165, 1.54) is 18.4 Å². The molecule has 124 valence electrons. The lowest BCUT2D eigenvalue weighted by atomic mass is 9.45. The van der Waals surface area contributed by atoms with Gasteiger partial charge in [-0.3, -0.25) is 0 Å². The lowest BCUT2D eigenvalue weighted by Crippen LogP contribution is -2.62. The fraction of sp³-hybridized carbons (Fsp3) is 0.800. The zero-order chi connectivity index (χ0) is 16.0. The molecular weight excluding hydrogens is 272 g/mol. The highest BCUT2D eigenvalue weighted by molar-refractivity contribution is 5.12. The predicted molar refractivity (Wildman–Crippen MR) is 89.6 cm³/mol. The van der Waals surface area contributed by atoms with Crippen LogP contribution in [0.15, 0.2) is 23.0 Å². The van der Waals surface area contributed by atoms with Gasteiger partial charge in [0, 0.05) is 0 Å². The van der Waals surface area contributed by atoms with Gasteiger partial charge in [0.25, 0.3) is 0 Å². The summed E-state index contributed by atoms with van der Waals surface area (Å²) in [6, 6.07) is 2.08. The topological polar surface area (TPSA) is 33.4 Å². The van der Waals surface area contributed by atoms with Crippen LogP contribution in [-0.2, 0) is 6.42 Å². The minimum Gasteiger partial charge on any atom is -0.472 e. The summed E-state index contributed by atoms with van der Waals surface area (Å²) in [5, 5.41) is 11.6. The molecule has 0 aliphatic heterocycles. The Morgan fingerprint density at radius 1 is 1.23 bits per heavy atom. The molecule has 0 bridgehead atoms. The quantitative estimate of drug-likeness (QED) is 0.832. The molecule has 0 saturated heterocycles. The highest BCUT2D eigenvalue weighted by Gasteiger charge is 2.60. The number of furan rings is 1. The van der Waals surface area contributed by atoms with E-state index < -0.39 is 5.60 Å². The third-order valence-electron chi connectivity index (χ3n) is 7.46. The van der Waals surface area contributed by atoms with Crippen LogP contribution in [0.3, 0.4) is 0 Å². The SMILES string of the molecule is C[C@H]1CC[C@@]2(O)C(CCCC2(C)C)C1(C)CCc1ccoc1. The molecule has 1 aromatic heterocycles. The van der Waals surface area contributed by atoms with Gasteiger partial charge in [-0.25, -0.2) is 0 Å². The molecule has 2 aliphatic carbocycles. The second-order valence-corrected chi connectivity index (χ2v) is 8.83. The average Bonchev–Trinajstić information content (AvgIpc) is 2.97. The van der Waals surface area contributed by atoms with Gasteiger partial charge in [-0.2, -0.15) is 0 Å². The lowest BCUT2D eigenvalue weighted by Gasteiger charge is -2.62. The highest BCUT2D eigenvalue weighted by atomic mass is 16.3. The van der Waals surface area contributed by atoms with Crippen molar-refractivity contribution >= 4 is 0 Å². The van der Waals surface area contributed by atoms with Crippen LogP contribution >= 0.6 is 0 Å². The van der Waals surface area contributed by atoms with Crippen molar-refractivity contribution in [2.24, 2.45) is 22.7 Å². The second kappa shape index (κ2) is 5.40. The van der Waals surface area contributed by atoms with Crippen molar-refractivity contribution in [3.63, 3.8) is 0 Å². The minimum absolute atomic E-state index is 0.0486. The van der Waals surface area contributed by atoms with Gasteiger partial charge in [-0.05, 0) is 72.8 Å². The molecular formula is C20H32O2. The Morgan fingerprint density at radius 2 is 2.00 bits per heavy atom. The van der Waals surface area contributed by atoms with Crippen molar-refractivity contribution in [2.75, 3.05) is 0 Å². The van der Waals surface area contributed by atoms with E-state index in [1.807, 2.05) is 6.26 Å². The smallest absolute Gasteiger partial charge is 0.0934 e. The number of fused-ring (bicyclic) bond motifs is 1. The second-order valence-electron chi connectivity index (χ2n) is 8.83. The lowest BCUT2D eigenvalue weighted by molar-refractivity contribution is -0.212. The summed E-state index contributed by atoms with van der Waals surface area (Å²) in [4.78, 5) is 0. The molecule has 1 N–H and O–H groups in total. The standard InChI is InChI=1S/C20H32O2/c1-15-7-12-20(21)17(6-5-10-18(20,2)3)19(15,4)11-8-16-9-13-22-14-16/h9,13-15,17,21H,5-8,10-12H2,1-4H3/t15-,17?,19?,20+/m0/s1. The van der Waals surface area contributed by atoms with Crippen molar-refractivity contribution in [3.05, 3.63) is 24.2 Å². The summed E-state index contributed by atoms with van der Waals surface area (Å²) >= 11 is 0. The average molecular weight is 304 g/mol. The van der Waals surface area contributed by atoms with Gasteiger partial charge in [0.2, 0.25) is 0 Å². The van der Waals surface area contributed by atoms with Crippen LogP contribution < -0.4 is 0 Å². The van der Waals surface area contributed by atoms with E-state index in [9.17, 15) is 5.11 Å². The van der Waals surface area contributed by atoms with Crippen LogP contribution in [-0.4, -0.2) is 10.7 Å². The van der Waals surface area contributed by atoms with Crippen molar-refractivity contribution < 1.29 is 9.52 Å². The zero-order valence-electron chi connectivity index (χ0n) is 14.7. The molecule has 0 amide bonds. The number of aryl methyl sites for hydroxylation is 1. The third-order valence-corrected chi connectivity index (χ3v) is 7.46. The van der Waals surface area contributed by atoms with Crippen molar-refractivity contribution in [3.8, 4) is 0 Å². The first-order valence-electron chi connectivity index (χ1n) is 9.03. The molecule has 22 heavy (non-hydrogen) atoms. The van der Waals surface area contributed by atoms with Crippen LogP contribution in [0.2, 0.25) is 0 Å². The van der Waals surface area contributed by atoms with E-state index in [-0.39, 0.29) is 10.8 Å². The highest BCUT2D eigenvalue weighted by Crippen LogP contribution is 2.62. The number of hydrogen-bond acceptors (Lipinski definition) is 2. The van der Waals surface area contributed by atoms with E-state index in [0.29, 0.717) is 11.8 Å². The first-order chi connectivity index (χ1) is 10.3. The Hall–Kier alpha value is -0.760. The van der Waals surface area contributed by atoms with Gasteiger partial charge >= 0.3 is 0 Å². The van der Waals surface area contributed by atoms with Crippen LogP contribution in [0.5, 0.6) is 0 Å². The maximum Gasteiger partial charge on any atom is 0.0934 e. The summed E-state index contributed by atoms with van der Waals surface area (Å²) < 4.78 is 5.22. The van der Waals surface area contributed by atoms with Crippen LogP contribution in [0, 0.1) is 22.7 Å². The Morgan fingerprint density at radius 3 is 2.68 bits per heavy atom. The van der Waals surface area contributed by atoms with Gasteiger partial charge < -0.3 is 9.52 Å². The molecule has 1 heterocycles. The van der Waals surface area contributed by atoms with Crippen LogP contribution in [0.25, 0.3) is 0 Å². The Labute approximate surface area is 135 Å². The molecule has 1 aromatic rings. The molecule has 2 nitrogen and oxygen atoms in total. The predicted octanol–water partition coefficient (Wildman–Crippen LogP) is 5.21. The first-order valence-corrected chi connectivity index (χ1v) is 9.03. The van der Waals surface area contributed by atoms with Crippen molar-refractivity contribution in [1.82, 2.24) is 0 Å². The van der Waals surface area contributed by atoms with Gasteiger partial charge in [0.15, 0.2) is 0 Å². The Balaban J connectivity index is 1.87. The van der Waals surface area contributed by atoms with Crippen LogP contribution in [0.4, 0.5) is 0 Å². The maximum absolute atomic E-state index is 11.6. The molecule has 0 radical (unpaired) electrons. The maximum atomic E-state index is 11.6. The summed E-state index contributed by atoms with van der Waals surface area (Å²) in [5.74, 6) is 1.11. The number of rotatable bonds is 3. The summed E-state index contributed by atoms with van der Waals surface area (Å²) in [5.41, 5.74) is 1.08. The Kier molecular flexibility index (Phi) is 3.96. The number of aliphatic hydroxyl groups is 1. The molecule has 2 fully saturated rings. The van der Waals surface area contributed by atoms with Gasteiger partial charge in [0.1, 0.15) is 0 Å². The van der Waals surface area contributed by atoms with Gasteiger partial charge in [0.05, 0.1) is 18.1 Å². The summed E-state index contributed by atoms with van der Waals surface area (Å²) in [6.45, 7) is 9.40. The minimum atomic E-state index is -0.483. The molecule has 3 rings (SSSR count). The van der Waals surface area contributed by atoms with Crippen molar-refractivity contribution in [1.29, 1.82) is 0 Å². The fourth-order valence-corrected chi connectivity index (χ4v) is 5.44. The molecule has 4 atom stereocenters. The largest absolute Gasteiger partial charge is 0.472 e. The van der Waals surface area contributed by atoms with Crippen LogP contribution in [0.1, 0.15) is 71.8 Å². The zero-order valence-corrected chi connectivity index (χ0v) is 14.7. The number of hydrogen-bond donors (Lipinski definition) is 1. The van der Waals surface area contributed by atoms with E-state index in [4.69, 9.17) is 4.42 Å². The van der Waals surface area contributed by atoms with E-state index in [2.05, 4.69) is 33.8 Å². The molecule has 2 aliphatic rings. The van der Waals surface area contributed by atoms with E-state index in [0.717, 1.165) is 32.1 Å². The Bertz CT molecular complexity index is 504. The van der Waals surface area contributed by atoms with Gasteiger partial charge in [-0.15, -0.1) is 0 Å². The van der Waals surface area contributed by atoms with Gasteiger partial charge in [-0.1, -0.05) is 34.1 Å². The van der Waals surface area contributed by atoms with E-state index in [1.54, 1.807) is 6.26 Å². The molecule has 2 saturated carbocycles. The molecule has 0 aromatic carbocycles. The van der Waals surface area contributed by atoms with E-state index >= 15 is 0 Å². The monoisotopic (exact) mass is 304 g/mol. The third kappa shape index (κ3) is 2.35. The molecule has 2 unspecified atom stereocenters. The molecule has 0 spiro atoms. The molecule has 2 heteroatoms. The summed E-state index contributed by atoms with van der Waals surface area (Å²) in [7, 11) is 0. The normalized spacial score (nSPS) is 41.1. The summed E-state index contributed by atoms with van der Waals surface area (Å²) in [6.07, 6.45) is 11.6. The first kappa shape index (κ1) is 16.1. The fourth-order valence-electron chi connectivity index (χ4n) is 5.44.